The van der Waals surface area contributed by atoms with Gasteiger partial charge in [-0.3, -0.25) is 4.98 Å². The quantitative estimate of drug-likeness (QED) is 0.898. The van der Waals surface area contributed by atoms with Crippen LogP contribution in [0.5, 0.6) is 5.75 Å². The van der Waals surface area contributed by atoms with E-state index in [2.05, 4.69) is 16.4 Å². The summed E-state index contributed by atoms with van der Waals surface area (Å²) in [6.45, 7) is 0. The van der Waals surface area contributed by atoms with Crippen molar-refractivity contribution in [1.29, 1.82) is 0 Å². The Bertz CT molecular complexity index is 536. The van der Waals surface area contributed by atoms with Crippen molar-refractivity contribution in [3.63, 3.8) is 0 Å². The van der Waals surface area contributed by atoms with Crippen molar-refractivity contribution in [2.24, 2.45) is 0 Å². The number of rotatable bonds is 3. The molecule has 18 heavy (non-hydrogen) atoms. The van der Waals surface area contributed by atoms with E-state index in [1.54, 1.807) is 0 Å². The second kappa shape index (κ2) is 4.94. The van der Waals surface area contributed by atoms with Crippen molar-refractivity contribution in [2.45, 2.75) is 31.4 Å². The zero-order valence-corrected chi connectivity index (χ0v) is 10.6. The Hall–Kier alpha value is -1.61. The van der Waals surface area contributed by atoms with Crippen LogP contribution >= 0.6 is 0 Å². The van der Waals surface area contributed by atoms with Gasteiger partial charge in [0.25, 0.3) is 0 Å². The van der Waals surface area contributed by atoms with Crippen molar-refractivity contribution < 1.29 is 4.74 Å². The van der Waals surface area contributed by atoms with E-state index in [4.69, 9.17) is 4.74 Å². The number of fused-ring (bicyclic) bond motifs is 1. The zero-order valence-electron chi connectivity index (χ0n) is 10.6. The summed E-state index contributed by atoms with van der Waals surface area (Å²) in [5, 5.41) is 4.44. The predicted molar refractivity (Wildman–Crippen MR) is 72.9 cm³/mol. The molecule has 0 amide bonds. The first-order valence-corrected chi connectivity index (χ1v) is 6.56. The smallest absolute Gasteiger partial charge is 0.129 e. The SMILES string of the molecule is CNC1CCCC1Oc1cccc2ncccc12. The van der Waals surface area contributed by atoms with Gasteiger partial charge in [-0.25, -0.2) is 0 Å². The summed E-state index contributed by atoms with van der Waals surface area (Å²) in [6.07, 6.45) is 5.66. The van der Waals surface area contributed by atoms with Crippen molar-refractivity contribution in [3.8, 4) is 5.75 Å². The average molecular weight is 242 g/mol. The number of likely N-dealkylation sites (N-methyl/N-ethyl adjacent to an activating group) is 1. The summed E-state index contributed by atoms with van der Waals surface area (Å²) in [4.78, 5) is 4.36. The lowest BCUT2D eigenvalue weighted by molar-refractivity contribution is 0.181. The maximum atomic E-state index is 6.19. The van der Waals surface area contributed by atoms with Gasteiger partial charge >= 0.3 is 0 Å². The van der Waals surface area contributed by atoms with Crippen molar-refractivity contribution >= 4 is 10.9 Å². The molecular weight excluding hydrogens is 224 g/mol. The Labute approximate surface area is 107 Å². The molecule has 94 valence electrons. The number of ether oxygens (including phenoxy) is 1. The van der Waals surface area contributed by atoms with Crippen LogP contribution in [0.3, 0.4) is 0 Å². The molecule has 3 rings (SSSR count). The first-order valence-electron chi connectivity index (χ1n) is 6.56. The third-order valence-corrected chi connectivity index (χ3v) is 3.71. The van der Waals surface area contributed by atoms with Gasteiger partial charge in [-0.05, 0) is 50.6 Å². The van der Waals surface area contributed by atoms with Crippen molar-refractivity contribution in [3.05, 3.63) is 36.5 Å². The first-order chi connectivity index (χ1) is 8.88. The van der Waals surface area contributed by atoms with Crippen LogP contribution in [0.25, 0.3) is 10.9 Å². The van der Waals surface area contributed by atoms with Crippen LogP contribution in [0.15, 0.2) is 36.5 Å². The van der Waals surface area contributed by atoms with Gasteiger partial charge in [-0.1, -0.05) is 6.07 Å². The van der Waals surface area contributed by atoms with E-state index in [0.717, 1.165) is 23.1 Å². The highest BCUT2D eigenvalue weighted by atomic mass is 16.5. The summed E-state index contributed by atoms with van der Waals surface area (Å²) in [6, 6.07) is 10.6. The Balaban J connectivity index is 1.90. The van der Waals surface area contributed by atoms with Gasteiger partial charge in [-0.2, -0.15) is 0 Å². The van der Waals surface area contributed by atoms with Crippen LogP contribution in [0, 0.1) is 0 Å². The number of nitrogens with one attached hydrogen (secondary N) is 1. The maximum absolute atomic E-state index is 6.19. The highest BCUT2D eigenvalue weighted by molar-refractivity contribution is 5.84. The molecule has 1 N–H and O–H groups in total. The predicted octanol–water partition coefficient (Wildman–Crippen LogP) is 2.75. The van der Waals surface area contributed by atoms with Gasteiger partial charge in [0.2, 0.25) is 0 Å². The first kappa shape index (κ1) is 11.5. The minimum atomic E-state index is 0.279. The molecule has 0 bridgehead atoms. The third kappa shape index (κ3) is 2.06. The fraction of sp³-hybridized carbons (Fsp3) is 0.400. The van der Waals surface area contributed by atoms with Gasteiger partial charge in [0, 0.05) is 17.6 Å². The molecule has 0 radical (unpaired) electrons. The molecule has 0 spiro atoms. The molecule has 0 saturated heterocycles. The number of nitrogens with zero attached hydrogens (tertiary/aromatic N) is 1. The van der Waals surface area contributed by atoms with Crippen LogP contribution in [-0.4, -0.2) is 24.2 Å². The molecule has 1 aromatic heterocycles. The molecule has 3 heteroatoms. The van der Waals surface area contributed by atoms with Crippen LogP contribution in [0.1, 0.15) is 19.3 Å². The fourth-order valence-electron chi connectivity index (χ4n) is 2.74. The monoisotopic (exact) mass is 242 g/mol. The molecule has 2 aromatic rings. The molecule has 1 saturated carbocycles. The Kier molecular flexibility index (Phi) is 3.15. The molecule has 1 aliphatic carbocycles. The second-order valence-electron chi connectivity index (χ2n) is 4.81. The second-order valence-corrected chi connectivity index (χ2v) is 4.81. The number of pyridine rings is 1. The molecule has 1 fully saturated rings. The lowest BCUT2D eigenvalue weighted by Crippen LogP contribution is -2.36. The molecule has 1 aromatic carbocycles. The summed E-state index contributed by atoms with van der Waals surface area (Å²) in [5.74, 6) is 0.952. The highest BCUT2D eigenvalue weighted by Gasteiger charge is 2.27. The fourth-order valence-corrected chi connectivity index (χ4v) is 2.74. The Morgan fingerprint density at radius 2 is 2.17 bits per heavy atom. The summed E-state index contributed by atoms with van der Waals surface area (Å²) < 4.78 is 6.19. The van der Waals surface area contributed by atoms with E-state index in [9.17, 15) is 0 Å². The molecule has 2 atom stereocenters. The molecule has 0 aliphatic heterocycles. The largest absolute Gasteiger partial charge is 0.488 e. The van der Waals surface area contributed by atoms with E-state index < -0.39 is 0 Å². The van der Waals surface area contributed by atoms with E-state index in [1.807, 2.05) is 37.5 Å². The van der Waals surface area contributed by atoms with Crippen molar-refractivity contribution in [2.75, 3.05) is 7.05 Å². The lowest BCUT2D eigenvalue weighted by Gasteiger charge is -2.21. The standard InChI is InChI=1S/C15H18N2O/c1-16-13-7-3-9-15(13)18-14-8-2-6-12-11(14)5-4-10-17-12/h2,4-6,8,10,13,15-16H,3,7,9H2,1H3. The Morgan fingerprint density at radius 3 is 3.06 bits per heavy atom. The molecule has 2 unspecified atom stereocenters. The molecule has 3 nitrogen and oxygen atoms in total. The van der Waals surface area contributed by atoms with Gasteiger partial charge in [0.1, 0.15) is 11.9 Å². The van der Waals surface area contributed by atoms with Crippen LogP contribution in [-0.2, 0) is 0 Å². The topological polar surface area (TPSA) is 34.1 Å². The summed E-state index contributed by atoms with van der Waals surface area (Å²) >= 11 is 0. The number of benzene rings is 1. The summed E-state index contributed by atoms with van der Waals surface area (Å²) in [5.41, 5.74) is 0.994. The zero-order chi connectivity index (χ0) is 12.4. The third-order valence-electron chi connectivity index (χ3n) is 3.71. The minimum Gasteiger partial charge on any atom is -0.488 e. The lowest BCUT2D eigenvalue weighted by atomic mass is 10.2. The van der Waals surface area contributed by atoms with Crippen LogP contribution in [0.4, 0.5) is 0 Å². The molecule has 1 aliphatic rings. The minimum absolute atomic E-state index is 0.279. The maximum Gasteiger partial charge on any atom is 0.129 e. The Morgan fingerprint density at radius 1 is 1.22 bits per heavy atom. The number of hydrogen-bond acceptors (Lipinski definition) is 3. The van der Waals surface area contributed by atoms with E-state index in [-0.39, 0.29) is 6.10 Å². The normalized spacial score (nSPS) is 23.4. The molecule has 1 heterocycles. The van der Waals surface area contributed by atoms with Crippen molar-refractivity contribution in [1.82, 2.24) is 10.3 Å². The molecular formula is C15H18N2O. The number of aromatic nitrogens is 1. The summed E-state index contributed by atoms with van der Waals surface area (Å²) in [7, 11) is 2.01. The average Bonchev–Trinajstić information content (AvgIpc) is 2.86. The number of hydrogen-bond donors (Lipinski definition) is 1. The van der Waals surface area contributed by atoms with Gasteiger partial charge in [-0.15, -0.1) is 0 Å². The van der Waals surface area contributed by atoms with Crippen LogP contribution < -0.4 is 10.1 Å². The van der Waals surface area contributed by atoms with Gasteiger partial charge in [0.05, 0.1) is 5.52 Å². The van der Waals surface area contributed by atoms with E-state index in [1.165, 1.54) is 12.8 Å². The van der Waals surface area contributed by atoms with Crippen LogP contribution in [0.2, 0.25) is 0 Å². The van der Waals surface area contributed by atoms with E-state index in [0.29, 0.717) is 6.04 Å². The highest BCUT2D eigenvalue weighted by Crippen LogP contribution is 2.29. The van der Waals surface area contributed by atoms with Gasteiger partial charge < -0.3 is 10.1 Å². The van der Waals surface area contributed by atoms with E-state index >= 15 is 0 Å². The van der Waals surface area contributed by atoms with Gasteiger partial charge in [0.15, 0.2) is 0 Å².